The molecule has 17 heavy (non-hydrogen) atoms. The van der Waals surface area contributed by atoms with Gasteiger partial charge < -0.3 is 9.80 Å². The Kier molecular flexibility index (Phi) is 3.12. The molecule has 3 aliphatic rings. The second-order valence-electron chi connectivity index (χ2n) is 6.15. The molecule has 0 unspecified atom stereocenters. The molecule has 2 heterocycles. The first kappa shape index (κ1) is 11.5. The molecule has 0 bridgehead atoms. The summed E-state index contributed by atoms with van der Waals surface area (Å²) in [5, 5.41) is 0. The van der Waals surface area contributed by atoms with E-state index in [9.17, 15) is 4.79 Å². The fraction of sp³-hybridized carbons (Fsp3) is 0.929. The largest absolute Gasteiger partial charge is 0.336 e. The van der Waals surface area contributed by atoms with Gasteiger partial charge >= 0.3 is 0 Å². The molecule has 1 amide bonds. The number of hydrogen-bond acceptors (Lipinski definition) is 2. The second-order valence-corrected chi connectivity index (χ2v) is 6.15. The molecule has 2 atom stereocenters. The zero-order valence-corrected chi connectivity index (χ0v) is 10.9. The smallest absolute Gasteiger partial charge is 0.223 e. The van der Waals surface area contributed by atoms with Crippen molar-refractivity contribution in [3.8, 4) is 0 Å². The molecular formula is C14H24N2O. The minimum atomic E-state index is 0.455. The third-order valence-electron chi connectivity index (χ3n) is 5.03. The van der Waals surface area contributed by atoms with Crippen LogP contribution in [0.1, 0.15) is 44.9 Å². The van der Waals surface area contributed by atoms with Gasteiger partial charge in [0.2, 0.25) is 5.91 Å². The molecule has 3 heteroatoms. The summed E-state index contributed by atoms with van der Waals surface area (Å²) in [6.07, 6.45) is 8.45. The lowest BCUT2D eigenvalue weighted by Crippen LogP contribution is -2.48. The van der Waals surface area contributed by atoms with Crippen LogP contribution in [0.15, 0.2) is 0 Å². The summed E-state index contributed by atoms with van der Waals surface area (Å²) in [5.41, 5.74) is 0. The Labute approximate surface area is 104 Å². The van der Waals surface area contributed by atoms with Gasteiger partial charge in [0.1, 0.15) is 0 Å². The molecule has 3 nitrogen and oxygen atoms in total. The van der Waals surface area contributed by atoms with E-state index >= 15 is 0 Å². The minimum Gasteiger partial charge on any atom is -0.336 e. The van der Waals surface area contributed by atoms with E-state index in [1.165, 1.54) is 38.5 Å². The third-order valence-corrected chi connectivity index (χ3v) is 5.03. The van der Waals surface area contributed by atoms with Gasteiger partial charge in [-0.25, -0.2) is 0 Å². The fourth-order valence-electron chi connectivity index (χ4n) is 4.05. The summed E-state index contributed by atoms with van der Waals surface area (Å²) in [6.45, 7) is 2.32. The summed E-state index contributed by atoms with van der Waals surface area (Å²) < 4.78 is 0. The van der Waals surface area contributed by atoms with Crippen LogP contribution in [0.25, 0.3) is 0 Å². The van der Waals surface area contributed by atoms with Crippen molar-refractivity contribution in [3.63, 3.8) is 0 Å². The van der Waals surface area contributed by atoms with E-state index in [-0.39, 0.29) is 0 Å². The van der Waals surface area contributed by atoms with Crippen molar-refractivity contribution in [1.29, 1.82) is 0 Å². The van der Waals surface area contributed by atoms with Crippen molar-refractivity contribution < 1.29 is 4.79 Å². The van der Waals surface area contributed by atoms with Gasteiger partial charge in [0, 0.05) is 18.5 Å². The minimum absolute atomic E-state index is 0.455. The first-order chi connectivity index (χ1) is 8.25. The van der Waals surface area contributed by atoms with Crippen molar-refractivity contribution in [3.05, 3.63) is 0 Å². The van der Waals surface area contributed by atoms with Gasteiger partial charge in [-0.3, -0.25) is 4.79 Å². The van der Waals surface area contributed by atoms with Crippen molar-refractivity contribution in [1.82, 2.24) is 9.80 Å². The topological polar surface area (TPSA) is 23.6 Å². The van der Waals surface area contributed by atoms with Crippen LogP contribution in [0.3, 0.4) is 0 Å². The molecule has 3 rings (SSSR count). The maximum Gasteiger partial charge on any atom is 0.223 e. The van der Waals surface area contributed by atoms with Gasteiger partial charge in [-0.05, 0) is 51.7 Å². The number of carbonyl (C=O) groups excluding carboxylic acids is 1. The number of nitrogens with zero attached hydrogens (tertiary/aromatic N) is 2. The Balaban J connectivity index is 1.70. The Morgan fingerprint density at radius 3 is 2.53 bits per heavy atom. The summed E-state index contributed by atoms with van der Waals surface area (Å²) >= 11 is 0. The van der Waals surface area contributed by atoms with Gasteiger partial charge in [-0.15, -0.1) is 0 Å². The zero-order chi connectivity index (χ0) is 11.8. The highest BCUT2D eigenvalue weighted by atomic mass is 16.2. The summed E-state index contributed by atoms with van der Waals surface area (Å²) in [5.74, 6) is 1.15. The SMILES string of the molecule is CN1CCC(N2C(=O)C[C@H]3CCCC[C@@H]32)CC1. The lowest BCUT2D eigenvalue weighted by atomic mass is 9.84. The molecule has 0 aromatic heterocycles. The van der Waals surface area contributed by atoms with Crippen molar-refractivity contribution in [2.24, 2.45) is 5.92 Å². The van der Waals surface area contributed by atoms with E-state index in [2.05, 4.69) is 16.8 Å². The number of rotatable bonds is 1. The monoisotopic (exact) mass is 236 g/mol. The molecule has 0 aromatic carbocycles. The predicted octanol–water partition coefficient (Wildman–Crippen LogP) is 1.87. The first-order valence-corrected chi connectivity index (χ1v) is 7.25. The van der Waals surface area contributed by atoms with Gasteiger partial charge in [-0.1, -0.05) is 12.8 Å². The molecule has 0 aromatic rings. The normalized spacial score (nSPS) is 36.3. The lowest BCUT2D eigenvalue weighted by Gasteiger charge is -2.40. The molecule has 1 saturated carbocycles. The number of hydrogen-bond donors (Lipinski definition) is 0. The van der Waals surface area contributed by atoms with Gasteiger partial charge in [-0.2, -0.15) is 0 Å². The van der Waals surface area contributed by atoms with Crippen LogP contribution in [0.4, 0.5) is 0 Å². The lowest BCUT2D eigenvalue weighted by molar-refractivity contribution is -0.132. The van der Waals surface area contributed by atoms with E-state index in [0.29, 0.717) is 23.9 Å². The van der Waals surface area contributed by atoms with Crippen LogP contribution in [0.2, 0.25) is 0 Å². The Morgan fingerprint density at radius 2 is 1.76 bits per heavy atom. The van der Waals surface area contributed by atoms with Crippen LogP contribution < -0.4 is 0 Å². The summed E-state index contributed by atoms with van der Waals surface area (Å²) in [7, 11) is 2.19. The van der Waals surface area contributed by atoms with Crippen LogP contribution >= 0.6 is 0 Å². The first-order valence-electron chi connectivity index (χ1n) is 7.25. The predicted molar refractivity (Wildman–Crippen MR) is 67.7 cm³/mol. The van der Waals surface area contributed by atoms with E-state index in [4.69, 9.17) is 0 Å². The maximum atomic E-state index is 12.2. The number of fused-ring (bicyclic) bond motifs is 1. The maximum absolute atomic E-state index is 12.2. The van der Waals surface area contributed by atoms with Crippen LogP contribution in [-0.2, 0) is 4.79 Å². The van der Waals surface area contributed by atoms with Gasteiger partial charge in [0.25, 0.3) is 0 Å². The summed E-state index contributed by atoms with van der Waals surface area (Å²) in [6, 6.07) is 1.15. The van der Waals surface area contributed by atoms with E-state index in [1.807, 2.05) is 0 Å². The Bertz CT molecular complexity index is 297. The molecule has 0 N–H and O–H groups in total. The number of carbonyl (C=O) groups is 1. The highest BCUT2D eigenvalue weighted by Crippen LogP contribution is 2.39. The highest BCUT2D eigenvalue weighted by Gasteiger charge is 2.43. The zero-order valence-electron chi connectivity index (χ0n) is 10.9. The Hall–Kier alpha value is -0.570. The second kappa shape index (κ2) is 4.60. The van der Waals surface area contributed by atoms with Crippen molar-refractivity contribution in [2.75, 3.05) is 20.1 Å². The number of likely N-dealkylation sites (tertiary alicyclic amines) is 2. The van der Waals surface area contributed by atoms with Crippen molar-refractivity contribution in [2.45, 2.75) is 57.0 Å². The quantitative estimate of drug-likeness (QED) is 0.694. The number of piperidine rings is 1. The highest BCUT2D eigenvalue weighted by molar-refractivity contribution is 5.79. The van der Waals surface area contributed by atoms with E-state index in [1.54, 1.807) is 0 Å². The van der Waals surface area contributed by atoms with Gasteiger partial charge in [0.05, 0.1) is 0 Å². The van der Waals surface area contributed by atoms with Gasteiger partial charge in [0.15, 0.2) is 0 Å². The number of amides is 1. The summed E-state index contributed by atoms with van der Waals surface area (Å²) in [4.78, 5) is 16.9. The van der Waals surface area contributed by atoms with Crippen LogP contribution in [0.5, 0.6) is 0 Å². The third kappa shape index (κ3) is 2.10. The average Bonchev–Trinajstić information content (AvgIpc) is 2.66. The molecule has 2 aliphatic heterocycles. The van der Waals surface area contributed by atoms with Crippen LogP contribution in [0, 0.1) is 5.92 Å². The van der Waals surface area contributed by atoms with E-state index < -0.39 is 0 Å². The molecule has 3 fully saturated rings. The molecular weight excluding hydrogens is 212 g/mol. The standard InChI is InChI=1S/C14H24N2O/c1-15-8-6-12(7-9-15)16-13-5-3-2-4-11(13)10-14(16)17/h11-13H,2-10H2,1H3/t11-,13+/m1/s1. The molecule has 0 spiro atoms. The molecule has 2 saturated heterocycles. The Morgan fingerprint density at radius 1 is 1.06 bits per heavy atom. The van der Waals surface area contributed by atoms with E-state index in [0.717, 1.165) is 19.5 Å². The van der Waals surface area contributed by atoms with Crippen LogP contribution in [-0.4, -0.2) is 47.9 Å². The fourth-order valence-corrected chi connectivity index (χ4v) is 4.05. The molecule has 1 aliphatic carbocycles. The average molecular weight is 236 g/mol. The molecule has 96 valence electrons. The molecule has 0 radical (unpaired) electrons. The van der Waals surface area contributed by atoms with Crippen molar-refractivity contribution >= 4 is 5.91 Å².